The van der Waals surface area contributed by atoms with E-state index >= 15 is 0 Å². The van der Waals surface area contributed by atoms with Crippen molar-refractivity contribution < 1.29 is 14.3 Å². The highest BCUT2D eigenvalue weighted by molar-refractivity contribution is 5.92. The van der Waals surface area contributed by atoms with E-state index in [2.05, 4.69) is 0 Å². The lowest BCUT2D eigenvalue weighted by Gasteiger charge is -2.33. The zero-order chi connectivity index (χ0) is 12.4. The van der Waals surface area contributed by atoms with E-state index in [1.165, 1.54) is 0 Å². The van der Waals surface area contributed by atoms with E-state index in [9.17, 15) is 9.90 Å². The maximum absolute atomic E-state index is 12.2. The van der Waals surface area contributed by atoms with Crippen molar-refractivity contribution in [1.82, 2.24) is 4.90 Å². The van der Waals surface area contributed by atoms with Gasteiger partial charge in [-0.1, -0.05) is 0 Å². The van der Waals surface area contributed by atoms with Crippen molar-refractivity contribution in [2.24, 2.45) is 5.92 Å². The highest BCUT2D eigenvalue weighted by atomic mass is 16.3. The third kappa shape index (κ3) is 2.52. The second-order valence-electron chi connectivity index (χ2n) is 4.83. The fourth-order valence-corrected chi connectivity index (χ4v) is 2.32. The minimum absolute atomic E-state index is 0.0575. The third-order valence-electron chi connectivity index (χ3n) is 3.48. The zero-order valence-electron chi connectivity index (χ0n) is 10.3. The van der Waals surface area contributed by atoms with Crippen molar-refractivity contribution in [3.05, 3.63) is 23.7 Å². The Morgan fingerprint density at radius 1 is 1.65 bits per heavy atom. The predicted octanol–water partition coefficient (Wildman–Crippen LogP) is 1.82. The third-order valence-corrected chi connectivity index (χ3v) is 3.48. The van der Waals surface area contributed by atoms with Crippen molar-refractivity contribution in [3.8, 4) is 0 Å². The van der Waals surface area contributed by atoms with Gasteiger partial charge in [0.25, 0.3) is 5.91 Å². The van der Waals surface area contributed by atoms with Crippen LogP contribution in [0.3, 0.4) is 0 Å². The molecule has 1 saturated heterocycles. The Morgan fingerprint density at radius 3 is 3.00 bits per heavy atom. The Morgan fingerprint density at radius 2 is 2.41 bits per heavy atom. The number of piperidine rings is 1. The van der Waals surface area contributed by atoms with Crippen molar-refractivity contribution in [3.63, 3.8) is 0 Å². The number of furan rings is 1. The summed E-state index contributed by atoms with van der Waals surface area (Å²) in [7, 11) is 0. The van der Waals surface area contributed by atoms with Crippen LogP contribution in [0.1, 0.15) is 35.9 Å². The molecule has 0 radical (unpaired) electrons. The summed E-state index contributed by atoms with van der Waals surface area (Å²) in [4.78, 5) is 14.0. The molecular formula is C13H19NO3. The molecule has 4 nitrogen and oxygen atoms in total. The number of likely N-dealkylation sites (tertiary alicyclic amines) is 1. The van der Waals surface area contributed by atoms with Crippen LogP contribution < -0.4 is 0 Å². The molecule has 94 valence electrons. The lowest BCUT2D eigenvalue weighted by atomic mass is 9.93. The van der Waals surface area contributed by atoms with Gasteiger partial charge in [-0.2, -0.15) is 0 Å². The van der Waals surface area contributed by atoms with Gasteiger partial charge < -0.3 is 14.4 Å². The number of hydrogen-bond donors (Lipinski definition) is 1. The van der Waals surface area contributed by atoms with Crippen LogP contribution in [0.15, 0.2) is 16.7 Å². The molecule has 2 atom stereocenters. The first-order valence-corrected chi connectivity index (χ1v) is 6.11. The van der Waals surface area contributed by atoms with E-state index < -0.39 is 0 Å². The van der Waals surface area contributed by atoms with Gasteiger partial charge in [0, 0.05) is 24.6 Å². The van der Waals surface area contributed by atoms with Crippen molar-refractivity contribution in [2.45, 2.75) is 32.8 Å². The van der Waals surface area contributed by atoms with Crippen LogP contribution in [-0.2, 0) is 0 Å². The lowest BCUT2D eigenvalue weighted by Crippen LogP contribution is -2.43. The monoisotopic (exact) mass is 237 g/mol. The van der Waals surface area contributed by atoms with E-state index in [0.29, 0.717) is 12.3 Å². The Kier molecular flexibility index (Phi) is 3.52. The molecule has 17 heavy (non-hydrogen) atoms. The number of nitrogens with zero attached hydrogens (tertiary/aromatic N) is 1. The number of aryl methyl sites for hydroxylation is 1. The second-order valence-corrected chi connectivity index (χ2v) is 4.83. The van der Waals surface area contributed by atoms with E-state index in [4.69, 9.17) is 4.42 Å². The quantitative estimate of drug-likeness (QED) is 0.853. The molecule has 2 rings (SSSR count). The fraction of sp³-hybridized carbons (Fsp3) is 0.615. The van der Waals surface area contributed by atoms with Gasteiger partial charge in [0.15, 0.2) is 5.76 Å². The van der Waals surface area contributed by atoms with Gasteiger partial charge in [-0.25, -0.2) is 0 Å². The van der Waals surface area contributed by atoms with E-state index in [1.54, 1.807) is 24.2 Å². The highest BCUT2D eigenvalue weighted by Gasteiger charge is 2.28. The molecule has 1 aromatic heterocycles. The summed E-state index contributed by atoms with van der Waals surface area (Å²) in [6.07, 6.45) is 3.11. The number of hydrogen-bond acceptors (Lipinski definition) is 3. The molecule has 2 heterocycles. The number of carbonyl (C=O) groups excluding carboxylic acids is 1. The number of aliphatic hydroxyl groups excluding tert-OH is 1. The molecule has 1 fully saturated rings. The number of carbonyl (C=O) groups is 1. The normalized spacial score (nSPS) is 22.5. The average molecular weight is 237 g/mol. The SMILES string of the molecule is Cc1ccoc1C(=O)N1CCCC(C(C)O)C1. The maximum atomic E-state index is 12.2. The molecule has 1 aliphatic rings. The summed E-state index contributed by atoms with van der Waals surface area (Å²) < 4.78 is 5.22. The summed E-state index contributed by atoms with van der Waals surface area (Å²) in [5, 5.41) is 9.60. The Hall–Kier alpha value is -1.29. The summed E-state index contributed by atoms with van der Waals surface area (Å²) in [6, 6.07) is 1.79. The van der Waals surface area contributed by atoms with Gasteiger partial charge in [0.1, 0.15) is 0 Å². The molecule has 1 amide bonds. The number of rotatable bonds is 2. The smallest absolute Gasteiger partial charge is 0.289 e. The first-order valence-electron chi connectivity index (χ1n) is 6.11. The van der Waals surface area contributed by atoms with Gasteiger partial charge in [0.05, 0.1) is 12.4 Å². The van der Waals surface area contributed by atoms with Crippen LogP contribution in [0.4, 0.5) is 0 Å². The topological polar surface area (TPSA) is 53.7 Å². The lowest BCUT2D eigenvalue weighted by molar-refractivity contribution is 0.0442. The highest BCUT2D eigenvalue weighted by Crippen LogP contribution is 2.22. The Balaban J connectivity index is 2.07. The summed E-state index contributed by atoms with van der Waals surface area (Å²) in [5.41, 5.74) is 0.870. The fourth-order valence-electron chi connectivity index (χ4n) is 2.32. The van der Waals surface area contributed by atoms with Crippen LogP contribution in [-0.4, -0.2) is 35.1 Å². The van der Waals surface area contributed by atoms with Crippen LogP contribution in [0.2, 0.25) is 0 Å². The van der Waals surface area contributed by atoms with Gasteiger partial charge in [-0.15, -0.1) is 0 Å². The molecule has 1 aromatic rings. The minimum Gasteiger partial charge on any atom is -0.459 e. The van der Waals surface area contributed by atoms with Crippen LogP contribution >= 0.6 is 0 Å². The molecule has 0 spiro atoms. The first kappa shape index (κ1) is 12.2. The molecule has 4 heteroatoms. The Bertz CT molecular complexity index is 397. The van der Waals surface area contributed by atoms with Crippen LogP contribution in [0.25, 0.3) is 0 Å². The molecular weight excluding hydrogens is 218 g/mol. The van der Waals surface area contributed by atoms with Crippen molar-refractivity contribution in [1.29, 1.82) is 0 Å². The molecule has 0 bridgehead atoms. The number of aliphatic hydroxyl groups is 1. The zero-order valence-corrected chi connectivity index (χ0v) is 10.3. The predicted molar refractivity (Wildman–Crippen MR) is 63.8 cm³/mol. The van der Waals surface area contributed by atoms with Gasteiger partial charge in [-0.05, 0) is 32.8 Å². The molecule has 1 aliphatic heterocycles. The average Bonchev–Trinajstić information content (AvgIpc) is 2.74. The summed E-state index contributed by atoms with van der Waals surface area (Å²) in [6.45, 7) is 5.03. The first-order chi connectivity index (χ1) is 8.09. The van der Waals surface area contributed by atoms with Gasteiger partial charge in [-0.3, -0.25) is 4.79 Å². The van der Waals surface area contributed by atoms with Crippen molar-refractivity contribution in [2.75, 3.05) is 13.1 Å². The van der Waals surface area contributed by atoms with E-state index in [1.807, 2.05) is 6.92 Å². The number of amides is 1. The standard InChI is InChI=1S/C13H19NO3/c1-9-5-7-17-12(9)13(16)14-6-3-4-11(8-14)10(2)15/h5,7,10-11,15H,3-4,6,8H2,1-2H3. The molecule has 0 aromatic carbocycles. The largest absolute Gasteiger partial charge is 0.459 e. The molecule has 0 saturated carbocycles. The second kappa shape index (κ2) is 4.92. The summed E-state index contributed by atoms with van der Waals surface area (Å²) >= 11 is 0. The van der Waals surface area contributed by atoms with Gasteiger partial charge in [0.2, 0.25) is 0 Å². The molecule has 2 unspecified atom stereocenters. The van der Waals surface area contributed by atoms with E-state index in [-0.39, 0.29) is 17.9 Å². The molecule has 0 aliphatic carbocycles. The van der Waals surface area contributed by atoms with E-state index in [0.717, 1.165) is 24.9 Å². The Labute approximate surface area is 101 Å². The van der Waals surface area contributed by atoms with Crippen molar-refractivity contribution >= 4 is 5.91 Å². The molecule has 1 N–H and O–H groups in total. The minimum atomic E-state index is -0.358. The maximum Gasteiger partial charge on any atom is 0.289 e. The summed E-state index contributed by atoms with van der Waals surface area (Å²) in [5.74, 6) is 0.553. The van der Waals surface area contributed by atoms with Crippen LogP contribution in [0.5, 0.6) is 0 Å². The van der Waals surface area contributed by atoms with Gasteiger partial charge >= 0.3 is 0 Å². The van der Waals surface area contributed by atoms with Crippen LogP contribution in [0, 0.1) is 12.8 Å².